The van der Waals surface area contributed by atoms with Gasteiger partial charge in [0.1, 0.15) is 11.4 Å². The number of pyridine rings is 1. The number of benzene rings is 1. The Balaban J connectivity index is 1.91. The van der Waals surface area contributed by atoms with Crippen LogP contribution in [0.5, 0.6) is 5.75 Å². The minimum absolute atomic E-state index is 0.357. The lowest BCUT2D eigenvalue weighted by Crippen LogP contribution is -1.88. The third-order valence-electron chi connectivity index (χ3n) is 2.78. The fourth-order valence-electron chi connectivity index (χ4n) is 1.72. The molecule has 20 heavy (non-hydrogen) atoms. The highest BCUT2D eigenvalue weighted by atomic mass is 16.5. The van der Waals surface area contributed by atoms with Gasteiger partial charge in [0.25, 0.3) is 5.89 Å². The normalized spacial score (nSPS) is 10.4. The van der Waals surface area contributed by atoms with E-state index in [0.717, 1.165) is 11.3 Å². The number of nitrogens with zero attached hydrogens (tertiary/aromatic N) is 3. The predicted octanol–water partition coefficient (Wildman–Crippen LogP) is 2.39. The highest BCUT2D eigenvalue weighted by Gasteiger charge is 2.11. The molecule has 2 N–H and O–H groups in total. The van der Waals surface area contributed by atoms with E-state index in [2.05, 4.69) is 15.1 Å². The smallest absolute Gasteiger partial charge is 0.276 e. The van der Waals surface area contributed by atoms with Crippen LogP contribution < -0.4 is 10.5 Å². The number of hydrogen-bond donors (Lipinski definition) is 1. The van der Waals surface area contributed by atoms with Crippen LogP contribution >= 0.6 is 0 Å². The largest absolute Gasteiger partial charge is 0.497 e. The molecule has 0 fully saturated rings. The number of nitrogen functional groups attached to an aromatic ring is 1. The molecule has 0 saturated carbocycles. The quantitative estimate of drug-likeness (QED) is 0.784. The van der Waals surface area contributed by atoms with E-state index in [-0.39, 0.29) is 0 Å². The first-order chi connectivity index (χ1) is 9.76. The van der Waals surface area contributed by atoms with E-state index in [0.29, 0.717) is 23.1 Å². The van der Waals surface area contributed by atoms with Crippen LogP contribution in [0.4, 0.5) is 5.69 Å². The van der Waals surface area contributed by atoms with Crippen molar-refractivity contribution in [3.8, 4) is 28.7 Å². The minimum Gasteiger partial charge on any atom is -0.497 e. The van der Waals surface area contributed by atoms with Gasteiger partial charge in [0.05, 0.1) is 19.0 Å². The van der Waals surface area contributed by atoms with Crippen LogP contribution in [0.25, 0.3) is 23.0 Å². The summed E-state index contributed by atoms with van der Waals surface area (Å²) in [6.45, 7) is 0. The standard InChI is InChI=1S/C14H12N4O2/c1-19-11-5-2-9(3-6-11)13-17-14(20-18-13)12-7-4-10(15)8-16-12/h2-8H,15H2,1H3. The number of hydrogen-bond acceptors (Lipinski definition) is 6. The van der Waals surface area contributed by atoms with Crippen LogP contribution in [0.15, 0.2) is 47.1 Å². The zero-order valence-corrected chi connectivity index (χ0v) is 10.8. The van der Waals surface area contributed by atoms with Crippen molar-refractivity contribution in [3.05, 3.63) is 42.6 Å². The molecule has 0 atom stereocenters. The monoisotopic (exact) mass is 268 g/mol. The molecule has 0 aliphatic carbocycles. The minimum atomic E-state index is 0.357. The highest BCUT2D eigenvalue weighted by Crippen LogP contribution is 2.23. The molecular weight excluding hydrogens is 256 g/mol. The maximum Gasteiger partial charge on any atom is 0.276 e. The molecule has 100 valence electrons. The van der Waals surface area contributed by atoms with Crippen LogP contribution in [0.3, 0.4) is 0 Å². The number of rotatable bonds is 3. The molecule has 6 heteroatoms. The van der Waals surface area contributed by atoms with Crippen molar-refractivity contribution in [2.24, 2.45) is 0 Å². The van der Waals surface area contributed by atoms with Crippen molar-refractivity contribution in [3.63, 3.8) is 0 Å². The Hall–Kier alpha value is -2.89. The summed E-state index contributed by atoms with van der Waals surface area (Å²) in [5.41, 5.74) is 7.61. The van der Waals surface area contributed by atoms with Gasteiger partial charge in [-0.1, -0.05) is 5.16 Å². The van der Waals surface area contributed by atoms with Crippen LogP contribution in [-0.2, 0) is 0 Å². The third-order valence-corrected chi connectivity index (χ3v) is 2.78. The zero-order chi connectivity index (χ0) is 13.9. The Kier molecular flexibility index (Phi) is 3.04. The number of anilines is 1. The number of nitrogens with two attached hydrogens (primary N) is 1. The number of aromatic nitrogens is 3. The van der Waals surface area contributed by atoms with E-state index >= 15 is 0 Å². The van der Waals surface area contributed by atoms with Gasteiger partial charge in [-0.2, -0.15) is 4.98 Å². The van der Waals surface area contributed by atoms with Crippen LogP contribution in [0.2, 0.25) is 0 Å². The summed E-state index contributed by atoms with van der Waals surface area (Å²) in [5, 5.41) is 3.94. The van der Waals surface area contributed by atoms with Crippen LogP contribution in [0.1, 0.15) is 0 Å². The molecule has 0 amide bonds. The third kappa shape index (κ3) is 2.31. The maximum absolute atomic E-state index is 5.59. The summed E-state index contributed by atoms with van der Waals surface area (Å²) >= 11 is 0. The number of methoxy groups -OCH3 is 1. The first-order valence-corrected chi connectivity index (χ1v) is 5.96. The van der Waals surface area contributed by atoms with Gasteiger partial charge in [0, 0.05) is 5.56 Å². The van der Waals surface area contributed by atoms with Gasteiger partial charge in [-0.3, -0.25) is 0 Å². The Morgan fingerprint density at radius 1 is 1.10 bits per heavy atom. The molecule has 2 aromatic heterocycles. The second kappa shape index (κ2) is 5.00. The van der Waals surface area contributed by atoms with Gasteiger partial charge in [0.15, 0.2) is 0 Å². The summed E-state index contributed by atoms with van der Waals surface area (Å²) in [6, 6.07) is 10.9. The van der Waals surface area contributed by atoms with Crippen molar-refractivity contribution in [2.75, 3.05) is 12.8 Å². The lowest BCUT2D eigenvalue weighted by molar-refractivity contribution is 0.414. The molecule has 1 aromatic carbocycles. The summed E-state index contributed by atoms with van der Waals surface area (Å²) < 4.78 is 10.3. The second-order valence-corrected chi connectivity index (χ2v) is 4.13. The molecule has 6 nitrogen and oxygen atoms in total. The molecule has 0 saturated heterocycles. The van der Waals surface area contributed by atoms with E-state index in [9.17, 15) is 0 Å². The van der Waals surface area contributed by atoms with E-state index in [1.807, 2.05) is 24.3 Å². The molecule has 0 spiro atoms. The SMILES string of the molecule is COc1ccc(-c2noc(-c3ccc(N)cn3)n2)cc1. The Morgan fingerprint density at radius 3 is 2.55 bits per heavy atom. The van der Waals surface area contributed by atoms with E-state index in [1.54, 1.807) is 25.4 Å². The van der Waals surface area contributed by atoms with Crippen molar-refractivity contribution < 1.29 is 9.26 Å². The van der Waals surface area contributed by atoms with E-state index < -0.39 is 0 Å². The first kappa shape index (κ1) is 12.2. The van der Waals surface area contributed by atoms with Crippen LogP contribution in [-0.4, -0.2) is 22.2 Å². The predicted molar refractivity (Wildman–Crippen MR) is 73.9 cm³/mol. The molecule has 0 unspecified atom stereocenters. The molecular formula is C14H12N4O2. The average molecular weight is 268 g/mol. The van der Waals surface area contributed by atoms with Crippen LogP contribution in [0, 0.1) is 0 Å². The molecule has 0 radical (unpaired) electrons. The Bertz CT molecular complexity index is 705. The van der Waals surface area contributed by atoms with E-state index in [1.165, 1.54) is 0 Å². The van der Waals surface area contributed by atoms with Gasteiger partial charge in [-0.15, -0.1) is 0 Å². The summed E-state index contributed by atoms with van der Waals surface area (Å²) in [4.78, 5) is 8.46. The van der Waals surface area contributed by atoms with Gasteiger partial charge in [0.2, 0.25) is 5.82 Å². The number of ether oxygens (including phenoxy) is 1. The second-order valence-electron chi connectivity index (χ2n) is 4.13. The molecule has 0 aliphatic heterocycles. The van der Waals surface area contributed by atoms with Crippen molar-refractivity contribution in [1.82, 2.24) is 15.1 Å². The fourth-order valence-corrected chi connectivity index (χ4v) is 1.72. The molecule has 0 bridgehead atoms. The van der Waals surface area contributed by atoms with Gasteiger partial charge in [-0.05, 0) is 36.4 Å². The first-order valence-electron chi connectivity index (χ1n) is 5.96. The van der Waals surface area contributed by atoms with Gasteiger partial charge >= 0.3 is 0 Å². The topological polar surface area (TPSA) is 87.1 Å². The highest BCUT2D eigenvalue weighted by molar-refractivity contribution is 5.59. The fraction of sp³-hybridized carbons (Fsp3) is 0.0714. The molecule has 0 aliphatic rings. The summed E-state index contributed by atoms with van der Waals surface area (Å²) in [7, 11) is 1.62. The summed E-state index contributed by atoms with van der Waals surface area (Å²) in [5.74, 6) is 1.63. The Morgan fingerprint density at radius 2 is 1.90 bits per heavy atom. The molecule has 3 rings (SSSR count). The van der Waals surface area contributed by atoms with Crippen molar-refractivity contribution >= 4 is 5.69 Å². The summed E-state index contributed by atoms with van der Waals surface area (Å²) in [6.07, 6.45) is 1.55. The molecule has 2 heterocycles. The average Bonchev–Trinajstić information content (AvgIpc) is 2.98. The van der Waals surface area contributed by atoms with Gasteiger partial charge < -0.3 is 15.0 Å². The van der Waals surface area contributed by atoms with Crippen molar-refractivity contribution in [2.45, 2.75) is 0 Å². The van der Waals surface area contributed by atoms with Gasteiger partial charge in [-0.25, -0.2) is 4.98 Å². The van der Waals surface area contributed by atoms with E-state index in [4.69, 9.17) is 15.0 Å². The Labute approximate surface area is 115 Å². The van der Waals surface area contributed by atoms with Crippen molar-refractivity contribution in [1.29, 1.82) is 0 Å². The zero-order valence-electron chi connectivity index (χ0n) is 10.8. The maximum atomic E-state index is 5.59. The lowest BCUT2D eigenvalue weighted by atomic mass is 10.2. The lowest BCUT2D eigenvalue weighted by Gasteiger charge is -1.98. The molecule has 3 aromatic rings.